The van der Waals surface area contributed by atoms with E-state index in [-0.39, 0.29) is 0 Å². The second-order valence-electron chi connectivity index (χ2n) is 4.85. The van der Waals surface area contributed by atoms with E-state index in [0.717, 1.165) is 21.9 Å². The van der Waals surface area contributed by atoms with Crippen LogP contribution in [0.5, 0.6) is 5.75 Å². The molecule has 1 aliphatic heterocycles. The van der Waals surface area contributed by atoms with Crippen LogP contribution in [0.1, 0.15) is 0 Å². The monoisotopic (exact) mass is 302 g/mol. The summed E-state index contributed by atoms with van der Waals surface area (Å²) in [4.78, 5) is 0. The lowest BCUT2D eigenvalue weighted by atomic mass is 9.80. The highest BCUT2D eigenvalue weighted by Crippen LogP contribution is 2.34. The Bertz CT molecular complexity index is 733. The van der Waals surface area contributed by atoms with E-state index >= 15 is 0 Å². The van der Waals surface area contributed by atoms with Crippen molar-refractivity contribution in [1.82, 2.24) is 5.43 Å². The van der Waals surface area contributed by atoms with Gasteiger partial charge in [0.15, 0.2) is 0 Å². The van der Waals surface area contributed by atoms with Gasteiger partial charge in [-0.15, -0.1) is 0 Å². The van der Waals surface area contributed by atoms with E-state index in [0.29, 0.717) is 17.6 Å². The standard InChI is InChI=1S/C14H11BrN2O/c15-14-12(18)4-1-7-5-9-8(13(7)14)2-3-11-10(9)6-16-17-11/h1-5,9-10,16,18H,6H2. The molecule has 0 spiro atoms. The number of hydrogen-bond donors (Lipinski definition) is 2. The Morgan fingerprint density at radius 3 is 3.11 bits per heavy atom. The van der Waals surface area contributed by atoms with Gasteiger partial charge in [0.05, 0.1) is 10.2 Å². The third-order valence-corrected chi connectivity index (χ3v) is 4.73. The molecule has 1 aromatic carbocycles. The van der Waals surface area contributed by atoms with Gasteiger partial charge in [0.25, 0.3) is 0 Å². The van der Waals surface area contributed by atoms with Gasteiger partial charge in [-0.2, -0.15) is 5.10 Å². The molecule has 2 aliphatic carbocycles. The summed E-state index contributed by atoms with van der Waals surface area (Å²) in [6.45, 7) is 0.891. The Morgan fingerprint density at radius 2 is 2.22 bits per heavy atom. The van der Waals surface area contributed by atoms with Crippen LogP contribution in [0.4, 0.5) is 0 Å². The van der Waals surface area contributed by atoms with E-state index in [1.165, 1.54) is 10.8 Å². The number of allylic oxidation sites excluding steroid dienone is 2. The molecule has 0 saturated heterocycles. The van der Waals surface area contributed by atoms with Crippen molar-refractivity contribution < 1.29 is 5.11 Å². The van der Waals surface area contributed by atoms with Crippen molar-refractivity contribution in [2.75, 3.05) is 6.54 Å². The van der Waals surface area contributed by atoms with Crippen LogP contribution in [0.15, 0.2) is 33.9 Å². The van der Waals surface area contributed by atoms with Gasteiger partial charge in [-0.3, -0.25) is 0 Å². The van der Waals surface area contributed by atoms with Crippen molar-refractivity contribution in [2.45, 2.75) is 0 Å². The zero-order valence-electron chi connectivity index (χ0n) is 9.52. The Hall–Kier alpha value is -1.55. The maximum Gasteiger partial charge on any atom is 0.130 e. The Morgan fingerprint density at radius 1 is 1.33 bits per heavy atom. The number of rotatable bonds is 0. The van der Waals surface area contributed by atoms with Crippen molar-refractivity contribution in [1.29, 1.82) is 0 Å². The molecule has 4 heteroatoms. The number of nitrogens with zero attached hydrogens (tertiary/aromatic N) is 1. The molecular formula is C14H11BrN2O. The number of halogens is 1. The lowest BCUT2D eigenvalue weighted by Crippen LogP contribution is -2.27. The van der Waals surface area contributed by atoms with Crippen LogP contribution in [0.25, 0.3) is 11.6 Å². The van der Waals surface area contributed by atoms with Gasteiger partial charge in [-0.1, -0.05) is 18.2 Å². The summed E-state index contributed by atoms with van der Waals surface area (Å²) in [6, 6.07) is 3.72. The van der Waals surface area contributed by atoms with Gasteiger partial charge in [0, 0.05) is 23.6 Å². The lowest BCUT2D eigenvalue weighted by molar-refractivity contribution is 0.471. The third-order valence-electron chi connectivity index (χ3n) is 3.93. The highest BCUT2D eigenvalue weighted by atomic mass is 79.9. The fourth-order valence-electron chi connectivity index (χ4n) is 3.06. The Labute approximate surface area is 112 Å². The van der Waals surface area contributed by atoms with E-state index in [1.54, 1.807) is 6.07 Å². The number of phenolic OH excluding ortho intramolecular Hbond substituents is 1. The number of aromatic hydroxyl groups is 1. The van der Waals surface area contributed by atoms with Gasteiger partial charge < -0.3 is 10.5 Å². The summed E-state index contributed by atoms with van der Waals surface area (Å²) >= 11 is 3.50. The maximum atomic E-state index is 9.83. The van der Waals surface area contributed by atoms with E-state index < -0.39 is 0 Å². The summed E-state index contributed by atoms with van der Waals surface area (Å²) in [7, 11) is 0. The number of benzene rings is 1. The minimum atomic E-state index is 0.299. The minimum absolute atomic E-state index is 0.299. The average molecular weight is 303 g/mol. The van der Waals surface area contributed by atoms with Gasteiger partial charge in [-0.25, -0.2) is 0 Å². The maximum absolute atomic E-state index is 9.83. The van der Waals surface area contributed by atoms with Crippen LogP contribution in [0.3, 0.4) is 0 Å². The summed E-state index contributed by atoms with van der Waals surface area (Å²) in [5.41, 5.74) is 5.48. The zero-order chi connectivity index (χ0) is 12.3. The van der Waals surface area contributed by atoms with Crippen LogP contribution in [0.2, 0.25) is 0 Å². The summed E-state index contributed by atoms with van der Waals surface area (Å²) in [6.07, 6.45) is 6.49. The minimum Gasteiger partial charge on any atom is -0.507 e. The first-order chi connectivity index (χ1) is 8.75. The topological polar surface area (TPSA) is 44.6 Å². The number of hydrazone groups is 1. The molecule has 0 aromatic heterocycles. The number of phenols is 1. The molecular weight excluding hydrogens is 292 g/mol. The van der Waals surface area contributed by atoms with Crippen molar-refractivity contribution in [3.05, 3.63) is 39.2 Å². The quantitative estimate of drug-likeness (QED) is 0.747. The normalized spacial score (nSPS) is 26.9. The molecule has 4 rings (SSSR count). The van der Waals surface area contributed by atoms with Crippen LogP contribution < -0.4 is 15.9 Å². The van der Waals surface area contributed by atoms with Gasteiger partial charge in [-0.05, 0) is 38.9 Å². The van der Waals surface area contributed by atoms with Crippen LogP contribution >= 0.6 is 15.9 Å². The number of fused-ring (bicyclic) bond motifs is 4. The molecule has 0 radical (unpaired) electrons. The SMILES string of the molecule is Oc1ccc2c(c1Br)=C1C=CC3=NNCC3C1C=2. The van der Waals surface area contributed by atoms with Gasteiger partial charge in [0.1, 0.15) is 5.75 Å². The smallest absolute Gasteiger partial charge is 0.130 e. The molecule has 1 heterocycles. The van der Waals surface area contributed by atoms with Crippen molar-refractivity contribution >= 4 is 33.3 Å². The predicted octanol–water partition coefficient (Wildman–Crippen LogP) is 0.861. The molecule has 0 amide bonds. The molecule has 0 bridgehead atoms. The molecule has 90 valence electrons. The third kappa shape index (κ3) is 1.21. The Kier molecular flexibility index (Phi) is 2.01. The first kappa shape index (κ1) is 10.4. The summed E-state index contributed by atoms with van der Waals surface area (Å²) in [5, 5.41) is 16.5. The zero-order valence-corrected chi connectivity index (χ0v) is 11.1. The number of hydrogen-bond acceptors (Lipinski definition) is 3. The molecule has 2 atom stereocenters. The van der Waals surface area contributed by atoms with E-state index in [4.69, 9.17) is 0 Å². The van der Waals surface area contributed by atoms with Crippen molar-refractivity contribution in [2.24, 2.45) is 16.9 Å². The first-order valence-corrected chi connectivity index (χ1v) is 6.77. The lowest BCUT2D eigenvalue weighted by Gasteiger charge is -2.22. The molecule has 0 fully saturated rings. The van der Waals surface area contributed by atoms with Crippen molar-refractivity contribution in [3.63, 3.8) is 0 Å². The largest absolute Gasteiger partial charge is 0.507 e. The van der Waals surface area contributed by atoms with Crippen LogP contribution in [0, 0.1) is 11.8 Å². The summed E-state index contributed by atoms with van der Waals surface area (Å²) < 4.78 is 0.796. The van der Waals surface area contributed by atoms with E-state index in [2.05, 4.69) is 44.7 Å². The molecule has 18 heavy (non-hydrogen) atoms. The molecule has 2 N–H and O–H groups in total. The highest BCUT2D eigenvalue weighted by molar-refractivity contribution is 9.10. The number of nitrogens with one attached hydrogen (secondary N) is 1. The molecule has 3 nitrogen and oxygen atoms in total. The first-order valence-electron chi connectivity index (χ1n) is 5.98. The fourth-order valence-corrected chi connectivity index (χ4v) is 3.65. The summed E-state index contributed by atoms with van der Waals surface area (Å²) in [5.74, 6) is 1.09. The predicted molar refractivity (Wildman–Crippen MR) is 74.5 cm³/mol. The highest BCUT2D eigenvalue weighted by Gasteiger charge is 2.34. The van der Waals surface area contributed by atoms with Gasteiger partial charge >= 0.3 is 0 Å². The van der Waals surface area contributed by atoms with Crippen LogP contribution in [-0.4, -0.2) is 17.4 Å². The Balaban J connectivity index is 2.06. The van der Waals surface area contributed by atoms with E-state index in [9.17, 15) is 5.11 Å². The van der Waals surface area contributed by atoms with Gasteiger partial charge in [0.2, 0.25) is 0 Å². The molecule has 1 aromatic rings. The molecule has 0 saturated carbocycles. The van der Waals surface area contributed by atoms with Crippen LogP contribution in [-0.2, 0) is 0 Å². The molecule has 2 unspecified atom stereocenters. The average Bonchev–Trinajstić information content (AvgIpc) is 2.96. The second-order valence-corrected chi connectivity index (χ2v) is 5.64. The second kappa shape index (κ2) is 3.48. The molecule has 3 aliphatic rings. The van der Waals surface area contributed by atoms with Crippen molar-refractivity contribution in [3.8, 4) is 5.75 Å². The fraction of sp³-hybridized carbons (Fsp3) is 0.214. The van der Waals surface area contributed by atoms with E-state index in [1.807, 2.05) is 6.07 Å².